The van der Waals surface area contributed by atoms with Gasteiger partial charge in [0.2, 0.25) is 0 Å². The van der Waals surface area contributed by atoms with E-state index < -0.39 is 4.92 Å². The lowest BCUT2D eigenvalue weighted by Gasteiger charge is -2.08. The zero-order valence-electron chi connectivity index (χ0n) is 9.56. The van der Waals surface area contributed by atoms with E-state index in [1.807, 2.05) is 0 Å². The minimum Gasteiger partial charge on any atom is -0.393 e. The highest BCUT2D eigenvalue weighted by atomic mass is 79.9. The van der Waals surface area contributed by atoms with E-state index in [1.54, 1.807) is 12.1 Å². The van der Waals surface area contributed by atoms with Crippen LogP contribution in [0.25, 0.3) is 0 Å². The van der Waals surface area contributed by atoms with Gasteiger partial charge in [0, 0.05) is 17.4 Å². The van der Waals surface area contributed by atoms with Gasteiger partial charge in [0.1, 0.15) is 11.5 Å². The second kappa shape index (κ2) is 5.23. The Kier molecular flexibility index (Phi) is 3.66. The van der Waals surface area contributed by atoms with Crippen LogP contribution in [0.4, 0.5) is 27.1 Å². The van der Waals surface area contributed by atoms with E-state index in [1.165, 1.54) is 24.3 Å². The van der Waals surface area contributed by atoms with Crippen LogP contribution in [0.1, 0.15) is 0 Å². The molecule has 0 aliphatic carbocycles. The highest BCUT2D eigenvalue weighted by Gasteiger charge is 2.11. The van der Waals surface area contributed by atoms with Gasteiger partial charge in [0.15, 0.2) is 0 Å². The molecule has 98 valence electrons. The molecule has 3 N–H and O–H groups in total. The van der Waals surface area contributed by atoms with Crippen molar-refractivity contribution >= 4 is 38.7 Å². The molecule has 0 spiro atoms. The Morgan fingerprint density at radius 3 is 2.42 bits per heavy atom. The Morgan fingerprint density at radius 2 is 1.84 bits per heavy atom. The standard InChI is InChI=1S/C12H9BrFN3O2/c13-9-5-7(1-3-10(9)14)16-8-2-4-12(17(18)19)11(15)6-8/h1-6,16H,15H2. The number of rotatable bonds is 3. The van der Waals surface area contributed by atoms with Gasteiger partial charge >= 0.3 is 0 Å². The van der Waals surface area contributed by atoms with Gasteiger partial charge in [-0.1, -0.05) is 0 Å². The Hall–Kier alpha value is -2.15. The predicted molar refractivity (Wildman–Crippen MR) is 74.9 cm³/mol. The minimum absolute atomic E-state index is 0.0659. The number of nitrogens with two attached hydrogens (primary N) is 1. The van der Waals surface area contributed by atoms with E-state index in [2.05, 4.69) is 21.2 Å². The SMILES string of the molecule is Nc1cc(Nc2ccc(F)c(Br)c2)ccc1[N+](=O)[O-]. The fourth-order valence-electron chi connectivity index (χ4n) is 1.54. The molecule has 0 bridgehead atoms. The van der Waals surface area contributed by atoms with Crippen molar-refractivity contribution in [2.24, 2.45) is 0 Å². The minimum atomic E-state index is -0.548. The third kappa shape index (κ3) is 3.00. The van der Waals surface area contributed by atoms with Gasteiger partial charge in [-0.15, -0.1) is 0 Å². The number of hydrogen-bond acceptors (Lipinski definition) is 4. The molecule has 0 unspecified atom stereocenters. The summed E-state index contributed by atoms with van der Waals surface area (Å²) < 4.78 is 13.4. The average Bonchev–Trinajstić information content (AvgIpc) is 2.33. The summed E-state index contributed by atoms with van der Waals surface area (Å²) in [6.45, 7) is 0. The monoisotopic (exact) mass is 325 g/mol. The fraction of sp³-hybridized carbons (Fsp3) is 0. The molecule has 19 heavy (non-hydrogen) atoms. The second-order valence-electron chi connectivity index (χ2n) is 3.78. The smallest absolute Gasteiger partial charge is 0.292 e. The summed E-state index contributed by atoms with van der Waals surface area (Å²) in [5.41, 5.74) is 6.72. The van der Waals surface area contributed by atoms with Gasteiger partial charge in [0.25, 0.3) is 5.69 Å². The third-order valence-electron chi connectivity index (χ3n) is 2.43. The van der Waals surface area contributed by atoms with E-state index in [9.17, 15) is 14.5 Å². The van der Waals surface area contributed by atoms with Gasteiger partial charge in [-0.05, 0) is 46.3 Å². The van der Waals surface area contributed by atoms with Crippen molar-refractivity contribution in [2.75, 3.05) is 11.1 Å². The van der Waals surface area contributed by atoms with Gasteiger partial charge in [-0.2, -0.15) is 0 Å². The number of nitrogen functional groups attached to an aromatic ring is 1. The first kappa shape index (κ1) is 13.3. The molecule has 0 heterocycles. The lowest BCUT2D eigenvalue weighted by atomic mass is 10.2. The molecule has 2 aromatic carbocycles. The maximum Gasteiger partial charge on any atom is 0.292 e. The Bertz CT molecular complexity index is 649. The molecule has 7 heteroatoms. The summed E-state index contributed by atoms with van der Waals surface area (Å²) >= 11 is 3.08. The summed E-state index contributed by atoms with van der Waals surface area (Å²) in [4.78, 5) is 10.1. The first-order chi connectivity index (χ1) is 8.97. The van der Waals surface area contributed by atoms with E-state index in [4.69, 9.17) is 5.73 Å². The molecule has 0 aromatic heterocycles. The molecule has 2 aromatic rings. The molecular weight excluding hydrogens is 317 g/mol. The number of anilines is 3. The summed E-state index contributed by atoms with van der Waals surface area (Å²) in [7, 11) is 0. The summed E-state index contributed by atoms with van der Waals surface area (Å²) in [5.74, 6) is -0.367. The van der Waals surface area contributed by atoms with Gasteiger partial charge < -0.3 is 11.1 Å². The van der Waals surface area contributed by atoms with Crippen molar-refractivity contribution in [1.82, 2.24) is 0 Å². The lowest BCUT2D eigenvalue weighted by Crippen LogP contribution is -1.97. The lowest BCUT2D eigenvalue weighted by molar-refractivity contribution is -0.383. The molecule has 0 amide bonds. The maximum atomic E-state index is 13.1. The molecule has 0 saturated heterocycles. The second-order valence-corrected chi connectivity index (χ2v) is 4.64. The highest BCUT2D eigenvalue weighted by molar-refractivity contribution is 9.10. The Labute approximate surface area is 116 Å². The van der Waals surface area contributed by atoms with Crippen molar-refractivity contribution < 1.29 is 9.31 Å². The Balaban J connectivity index is 2.26. The summed E-state index contributed by atoms with van der Waals surface area (Å²) in [6, 6.07) is 8.73. The van der Waals surface area contributed by atoms with E-state index in [0.29, 0.717) is 15.8 Å². The zero-order valence-corrected chi connectivity index (χ0v) is 11.1. The van der Waals surface area contributed by atoms with E-state index in [-0.39, 0.29) is 17.2 Å². The zero-order chi connectivity index (χ0) is 14.0. The maximum absolute atomic E-state index is 13.1. The first-order valence-electron chi connectivity index (χ1n) is 5.23. The van der Waals surface area contributed by atoms with Crippen LogP contribution in [0.3, 0.4) is 0 Å². The number of nitrogens with one attached hydrogen (secondary N) is 1. The highest BCUT2D eigenvalue weighted by Crippen LogP contribution is 2.28. The van der Waals surface area contributed by atoms with Crippen molar-refractivity contribution in [3.8, 4) is 0 Å². The molecule has 0 aliphatic rings. The molecule has 0 radical (unpaired) electrons. The quantitative estimate of drug-likeness (QED) is 0.510. The molecular formula is C12H9BrFN3O2. The number of nitrogens with zero attached hydrogens (tertiary/aromatic N) is 1. The summed E-state index contributed by atoms with van der Waals surface area (Å²) in [6.07, 6.45) is 0. The fourth-order valence-corrected chi connectivity index (χ4v) is 1.92. The normalized spacial score (nSPS) is 10.2. The number of hydrogen-bond donors (Lipinski definition) is 2. The van der Waals surface area contributed by atoms with Crippen LogP contribution < -0.4 is 11.1 Å². The van der Waals surface area contributed by atoms with Gasteiger partial charge in [-0.3, -0.25) is 10.1 Å². The molecule has 0 saturated carbocycles. The molecule has 2 rings (SSSR count). The molecule has 0 fully saturated rings. The molecule has 0 aliphatic heterocycles. The van der Waals surface area contributed by atoms with Crippen LogP contribution in [0.2, 0.25) is 0 Å². The first-order valence-corrected chi connectivity index (χ1v) is 6.02. The topological polar surface area (TPSA) is 81.2 Å². The predicted octanol–water partition coefficient (Wildman–Crippen LogP) is 3.82. The van der Waals surface area contributed by atoms with Gasteiger partial charge in [0.05, 0.1) is 9.40 Å². The van der Waals surface area contributed by atoms with Gasteiger partial charge in [-0.25, -0.2) is 4.39 Å². The largest absolute Gasteiger partial charge is 0.393 e. The third-order valence-corrected chi connectivity index (χ3v) is 3.04. The van der Waals surface area contributed by atoms with Crippen molar-refractivity contribution in [3.05, 3.63) is 56.8 Å². The van der Waals surface area contributed by atoms with Crippen LogP contribution >= 0.6 is 15.9 Å². The van der Waals surface area contributed by atoms with Crippen molar-refractivity contribution in [3.63, 3.8) is 0 Å². The number of benzene rings is 2. The van der Waals surface area contributed by atoms with Crippen LogP contribution in [0, 0.1) is 15.9 Å². The van der Waals surface area contributed by atoms with Crippen LogP contribution in [0.5, 0.6) is 0 Å². The van der Waals surface area contributed by atoms with Crippen molar-refractivity contribution in [2.45, 2.75) is 0 Å². The van der Waals surface area contributed by atoms with Crippen LogP contribution in [-0.4, -0.2) is 4.92 Å². The molecule has 0 atom stereocenters. The summed E-state index contributed by atoms with van der Waals surface area (Å²) in [5, 5.41) is 13.6. The van der Waals surface area contributed by atoms with Crippen LogP contribution in [-0.2, 0) is 0 Å². The number of halogens is 2. The molecule has 5 nitrogen and oxygen atoms in total. The number of nitro groups is 1. The number of nitro benzene ring substituents is 1. The van der Waals surface area contributed by atoms with E-state index >= 15 is 0 Å². The van der Waals surface area contributed by atoms with Crippen molar-refractivity contribution in [1.29, 1.82) is 0 Å². The van der Waals surface area contributed by atoms with E-state index in [0.717, 1.165) is 0 Å². The Morgan fingerprint density at radius 1 is 1.21 bits per heavy atom. The van der Waals surface area contributed by atoms with Crippen LogP contribution in [0.15, 0.2) is 40.9 Å². The average molecular weight is 326 g/mol.